The van der Waals surface area contributed by atoms with Crippen LogP contribution in [-0.4, -0.2) is 15.0 Å². The maximum absolute atomic E-state index is 6.33. The first-order valence-corrected chi connectivity index (χ1v) is 17.5. The Morgan fingerprint density at radius 1 is 0.365 bits per heavy atom. The smallest absolute Gasteiger partial charge is 0.199 e. The molecule has 0 amide bonds. The van der Waals surface area contributed by atoms with Crippen molar-refractivity contribution in [2.24, 2.45) is 0 Å². The number of rotatable bonds is 6. The molecule has 7 aromatic carbocycles. The topological polar surface area (TPSA) is 51.8 Å². The summed E-state index contributed by atoms with van der Waals surface area (Å²) in [5, 5.41) is 0.999. The second-order valence-electron chi connectivity index (χ2n) is 13.2. The number of para-hydroxylation sites is 1. The van der Waals surface area contributed by atoms with E-state index in [1.165, 1.54) is 33.4 Å². The van der Waals surface area contributed by atoms with Crippen LogP contribution in [0.25, 0.3) is 67.6 Å². The van der Waals surface area contributed by atoms with E-state index >= 15 is 0 Å². The fraction of sp³-hybridized carbons (Fsp3) is 0.0208. The van der Waals surface area contributed by atoms with Gasteiger partial charge in [-0.3, -0.25) is 0 Å². The van der Waals surface area contributed by atoms with Gasteiger partial charge in [0.1, 0.15) is 5.58 Å². The number of furan rings is 1. The molecule has 4 nitrogen and oxygen atoms in total. The molecular formula is C48H31N3O. The van der Waals surface area contributed by atoms with Crippen molar-refractivity contribution in [1.29, 1.82) is 0 Å². The zero-order valence-electron chi connectivity index (χ0n) is 28.1. The number of benzene rings is 7. The fourth-order valence-electron chi connectivity index (χ4n) is 7.86. The molecule has 0 spiro atoms. The van der Waals surface area contributed by atoms with Crippen LogP contribution in [0.3, 0.4) is 0 Å². The summed E-state index contributed by atoms with van der Waals surface area (Å²) < 4.78 is 6.33. The van der Waals surface area contributed by atoms with Gasteiger partial charge in [0.15, 0.2) is 23.2 Å². The molecule has 10 rings (SSSR count). The van der Waals surface area contributed by atoms with Crippen LogP contribution >= 0.6 is 0 Å². The molecule has 0 saturated carbocycles. The lowest BCUT2D eigenvalue weighted by atomic mass is 9.67. The van der Waals surface area contributed by atoms with E-state index in [9.17, 15) is 0 Å². The third kappa shape index (κ3) is 4.80. The molecule has 1 aliphatic carbocycles. The SMILES string of the molecule is c1ccc(-c2ccc(-c3nc(-c4ccc5c(c4)C(c4ccccc4)(c4ccccc4)c4ccccc4-5)nc(-c4cc5ccccc5o4)n3)cc2)cc1. The highest BCUT2D eigenvalue weighted by molar-refractivity contribution is 5.88. The minimum atomic E-state index is -0.533. The van der Waals surface area contributed by atoms with Gasteiger partial charge in [-0.05, 0) is 62.7 Å². The Bertz CT molecular complexity index is 2650. The van der Waals surface area contributed by atoms with E-state index in [4.69, 9.17) is 19.4 Å². The van der Waals surface area contributed by atoms with Crippen LogP contribution in [0, 0.1) is 0 Å². The molecule has 2 heterocycles. The Labute approximate surface area is 301 Å². The van der Waals surface area contributed by atoms with Gasteiger partial charge in [-0.15, -0.1) is 0 Å². The molecule has 4 heteroatoms. The van der Waals surface area contributed by atoms with Crippen LogP contribution in [0.5, 0.6) is 0 Å². The van der Waals surface area contributed by atoms with Crippen LogP contribution in [-0.2, 0) is 5.41 Å². The van der Waals surface area contributed by atoms with Gasteiger partial charge in [0.25, 0.3) is 0 Å². The van der Waals surface area contributed by atoms with E-state index in [1.807, 2.05) is 36.4 Å². The second-order valence-corrected chi connectivity index (χ2v) is 13.2. The van der Waals surface area contributed by atoms with Gasteiger partial charge in [-0.2, -0.15) is 0 Å². The highest BCUT2D eigenvalue weighted by Gasteiger charge is 2.46. The van der Waals surface area contributed by atoms with Gasteiger partial charge in [-0.1, -0.05) is 170 Å². The van der Waals surface area contributed by atoms with Crippen LogP contribution < -0.4 is 0 Å². The van der Waals surface area contributed by atoms with Crippen molar-refractivity contribution in [2.45, 2.75) is 5.41 Å². The summed E-state index contributed by atoms with van der Waals surface area (Å²) in [6, 6.07) is 65.9. The van der Waals surface area contributed by atoms with E-state index < -0.39 is 5.41 Å². The molecule has 0 unspecified atom stereocenters. The molecule has 0 aliphatic heterocycles. The van der Waals surface area contributed by atoms with Crippen molar-refractivity contribution in [3.05, 3.63) is 210 Å². The summed E-state index contributed by atoms with van der Waals surface area (Å²) in [7, 11) is 0. The first-order valence-electron chi connectivity index (χ1n) is 17.5. The van der Waals surface area contributed by atoms with Gasteiger partial charge in [0.2, 0.25) is 0 Å². The van der Waals surface area contributed by atoms with Gasteiger partial charge >= 0.3 is 0 Å². The maximum atomic E-state index is 6.33. The largest absolute Gasteiger partial charge is 0.453 e. The van der Waals surface area contributed by atoms with Crippen LogP contribution in [0.2, 0.25) is 0 Å². The minimum absolute atomic E-state index is 0.490. The van der Waals surface area contributed by atoms with Crippen LogP contribution in [0.15, 0.2) is 192 Å². The summed E-state index contributed by atoms with van der Waals surface area (Å²) in [5.74, 6) is 2.26. The quantitative estimate of drug-likeness (QED) is 0.177. The van der Waals surface area contributed by atoms with Crippen molar-refractivity contribution in [3.63, 3.8) is 0 Å². The summed E-state index contributed by atoms with van der Waals surface area (Å²) in [6.07, 6.45) is 0. The molecule has 9 aromatic rings. The fourth-order valence-corrected chi connectivity index (χ4v) is 7.86. The van der Waals surface area contributed by atoms with Crippen molar-refractivity contribution >= 4 is 11.0 Å². The summed E-state index contributed by atoms with van der Waals surface area (Å²) in [4.78, 5) is 15.3. The zero-order chi connectivity index (χ0) is 34.5. The number of aromatic nitrogens is 3. The molecule has 0 bridgehead atoms. The molecular weight excluding hydrogens is 635 g/mol. The first-order chi connectivity index (χ1) is 25.8. The lowest BCUT2D eigenvalue weighted by Gasteiger charge is -2.34. The summed E-state index contributed by atoms with van der Waals surface area (Å²) in [5.41, 5.74) is 11.7. The molecule has 0 N–H and O–H groups in total. The standard InChI is InChI=1S/C48H31N3O/c1-4-14-32(15-5-1)33-24-26-34(27-25-33)45-49-46(51-47(50-45)44-31-35-16-10-13-23-43(35)52-44)36-28-29-40-39-21-11-12-22-41(39)48(42(40)30-36,37-17-6-2-7-18-37)38-19-8-3-9-20-38/h1-31H. The highest BCUT2D eigenvalue weighted by Crippen LogP contribution is 2.56. The number of hydrogen-bond donors (Lipinski definition) is 0. The molecule has 52 heavy (non-hydrogen) atoms. The number of hydrogen-bond acceptors (Lipinski definition) is 4. The average Bonchev–Trinajstić information content (AvgIpc) is 3.80. The van der Waals surface area contributed by atoms with E-state index in [0.29, 0.717) is 23.2 Å². The van der Waals surface area contributed by atoms with Gasteiger partial charge in [0.05, 0.1) is 5.41 Å². The van der Waals surface area contributed by atoms with Crippen molar-refractivity contribution < 1.29 is 4.42 Å². The van der Waals surface area contributed by atoms with E-state index in [-0.39, 0.29) is 0 Å². The summed E-state index contributed by atoms with van der Waals surface area (Å²) in [6.45, 7) is 0. The van der Waals surface area contributed by atoms with Gasteiger partial charge in [0, 0.05) is 16.5 Å². The summed E-state index contributed by atoms with van der Waals surface area (Å²) >= 11 is 0. The zero-order valence-corrected chi connectivity index (χ0v) is 28.1. The molecule has 0 saturated heterocycles. The molecule has 0 radical (unpaired) electrons. The average molecular weight is 666 g/mol. The van der Waals surface area contributed by atoms with E-state index in [0.717, 1.165) is 33.2 Å². The van der Waals surface area contributed by atoms with Crippen molar-refractivity contribution in [2.75, 3.05) is 0 Å². The van der Waals surface area contributed by atoms with Crippen molar-refractivity contribution in [1.82, 2.24) is 15.0 Å². The Morgan fingerprint density at radius 2 is 0.885 bits per heavy atom. The lowest BCUT2D eigenvalue weighted by Crippen LogP contribution is -2.28. The third-order valence-electron chi connectivity index (χ3n) is 10.2. The Hall–Kier alpha value is -6.91. The van der Waals surface area contributed by atoms with Crippen LogP contribution in [0.1, 0.15) is 22.3 Å². The highest BCUT2D eigenvalue weighted by atomic mass is 16.3. The Kier molecular flexibility index (Phi) is 7.00. The van der Waals surface area contributed by atoms with Crippen LogP contribution in [0.4, 0.5) is 0 Å². The molecule has 0 atom stereocenters. The molecule has 1 aliphatic rings. The van der Waals surface area contributed by atoms with E-state index in [1.54, 1.807) is 0 Å². The number of fused-ring (bicyclic) bond motifs is 4. The molecule has 244 valence electrons. The predicted octanol–water partition coefficient (Wildman–Crippen LogP) is 11.6. The van der Waals surface area contributed by atoms with Gasteiger partial charge < -0.3 is 4.42 Å². The normalized spacial score (nSPS) is 12.8. The second kappa shape index (κ2) is 12.1. The van der Waals surface area contributed by atoms with E-state index in [2.05, 4.69) is 152 Å². The monoisotopic (exact) mass is 665 g/mol. The maximum Gasteiger partial charge on any atom is 0.199 e. The first kappa shape index (κ1) is 30.0. The number of nitrogens with zero attached hydrogens (tertiary/aromatic N) is 3. The lowest BCUT2D eigenvalue weighted by molar-refractivity contribution is 0.625. The molecule has 0 fully saturated rings. The minimum Gasteiger partial charge on any atom is -0.453 e. The van der Waals surface area contributed by atoms with Gasteiger partial charge in [-0.25, -0.2) is 15.0 Å². The van der Waals surface area contributed by atoms with Crippen molar-refractivity contribution in [3.8, 4) is 56.6 Å². The third-order valence-corrected chi connectivity index (χ3v) is 10.2. The predicted molar refractivity (Wildman–Crippen MR) is 209 cm³/mol. The Morgan fingerprint density at radius 3 is 1.60 bits per heavy atom. The Balaban J connectivity index is 1.19. The molecule has 2 aromatic heterocycles.